The van der Waals surface area contributed by atoms with Gasteiger partial charge in [0.05, 0.1) is 17.7 Å². The van der Waals surface area contributed by atoms with Gasteiger partial charge in [0, 0.05) is 12.6 Å². The summed E-state index contributed by atoms with van der Waals surface area (Å²) in [6.07, 6.45) is 3.96. The van der Waals surface area contributed by atoms with Gasteiger partial charge in [-0.25, -0.2) is 8.42 Å². The van der Waals surface area contributed by atoms with Crippen molar-refractivity contribution in [3.63, 3.8) is 0 Å². The number of hydrogen-bond acceptors (Lipinski definition) is 5. The van der Waals surface area contributed by atoms with Gasteiger partial charge in [-0.15, -0.1) is 0 Å². The standard InChI is InChI=1S/C32H39N3O5S/c1-23-12-10-19-30(24(23)2)35(41(38,39)29-17-6-5-7-18-29)22-31(36)34(21-26-13-11-16-28(20-26)40-4)25(3)32(37)33-27-14-8-9-15-27/h5-7,10-13,16-20,25,27H,8-9,14-15,21-22H2,1-4H3,(H,33,37)/t25-/m1/s1. The first-order valence-corrected chi connectivity index (χ1v) is 15.4. The zero-order valence-corrected chi connectivity index (χ0v) is 25.0. The lowest BCUT2D eigenvalue weighted by Crippen LogP contribution is -2.52. The van der Waals surface area contributed by atoms with E-state index in [1.807, 2.05) is 38.1 Å². The Labute approximate surface area is 243 Å². The van der Waals surface area contributed by atoms with Crippen molar-refractivity contribution in [2.45, 2.75) is 70.0 Å². The van der Waals surface area contributed by atoms with Gasteiger partial charge in [-0.1, -0.05) is 55.3 Å². The summed E-state index contributed by atoms with van der Waals surface area (Å²) in [5.41, 5.74) is 2.85. The molecule has 41 heavy (non-hydrogen) atoms. The molecule has 0 spiro atoms. The van der Waals surface area contributed by atoms with Crippen LogP contribution in [0.4, 0.5) is 5.69 Å². The Kier molecular flexibility index (Phi) is 9.70. The Balaban J connectivity index is 1.71. The maximum Gasteiger partial charge on any atom is 0.264 e. The lowest BCUT2D eigenvalue weighted by molar-refractivity contribution is -0.139. The van der Waals surface area contributed by atoms with E-state index < -0.39 is 28.5 Å². The van der Waals surface area contributed by atoms with E-state index in [9.17, 15) is 18.0 Å². The first-order chi connectivity index (χ1) is 19.6. The van der Waals surface area contributed by atoms with Crippen molar-refractivity contribution in [3.05, 3.63) is 89.5 Å². The first kappa shape index (κ1) is 30.1. The molecule has 1 N–H and O–H groups in total. The molecule has 1 fully saturated rings. The second kappa shape index (κ2) is 13.2. The summed E-state index contributed by atoms with van der Waals surface area (Å²) in [5.74, 6) is -0.110. The third kappa shape index (κ3) is 7.08. The zero-order chi connectivity index (χ0) is 29.6. The summed E-state index contributed by atoms with van der Waals surface area (Å²) in [6, 6.07) is 20.0. The number of anilines is 1. The van der Waals surface area contributed by atoms with Gasteiger partial charge in [-0.05, 0) is 80.6 Å². The molecule has 1 saturated carbocycles. The van der Waals surface area contributed by atoms with E-state index in [4.69, 9.17) is 4.74 Å². The molecule has 0 aromatic heterocycles. The van der Waals surface area contributed by atoms with E-state index in [0.717, 1.165) is 46.7 Å². The summed E-state index contributed by atoms with van der Waals surface area (Å²) >= 11 is 0. The number of hydrogen-bond donors (Lipinski definition) is 1. The molecule has 3 aromatic rings. The fraction of sp³-hybridized carbons (Fsp3) is 0.375. The smallest absolute Gasteiger partial charge is 0.264 e. The highest BCUT2D eigenvalue weighted by Crippen LogP contribution is 2.29. The van der Waals surface area contributed by atoms with Crippen molar-refractivity contribution in [1.82, 2.24) is 10.2 Å². The van der Waals surface area contributed by atoms with Gasteiger partial charge in [0.15, 0.2) is 0 Å². The molecule has 0 radical (unpaired) electrons. The topological polar surface area (TPSA) is 96.0 Å². The lowest BCUT2D eigenvalue weighted by Gasteiger charge is -2.33. The van der Waals surface area contributed by atoms with Gasteiger partial charge in [-0.2, -0.15) is 0 Å². The molecule has 0 heterocycles. The predicted molar refractivity (Wildman–Crippen MR) is 160 cm³/mol. The van der Waals surface area contributed by atoms with Crippen molar-refractivity contribution in [2.75, 3.05) is 18.0 Å². The maximum atomic E-state index is 14.2. The Morgan fingerprint density at radius 3 is 2.34 bits per heavy atom. The van der Waals surface area contributed by atoms with Crippen LogP contribution in [0.1, 0.15) is 49.3 Å². The van der Waals surface area contributed by atoms with Crippen molar-refractivity contribution >= 4 is 27.5 Å². The number of carbonyl (C=O) groups excluding carboxylic acids is 2. The van der Waals surface area contributed by atoms with E-state index in [2.05, 4.69) is 5.32 Å². The van der Waals surface area contributed by atoms with Crippen molar-refractivity contribution in [1.29, 1.82) is 0 Å². The Morgan fingerprint density at radius 2 is 1.66 bits per heavy atom. The fourth-order valence-electron chi connectivity index (χ4n) is 5.18. The van der Waals surface area contributed by atoms with Crippen LogP contribution in [0.5, 0.6) is 5.75 Å². The van der Waals surface area contributed by atoms with E-state index in [1.54, 1.807) is 50.4 Å². The van der Waals surface area contributed by atoms with Gasteiger partial charge in [-0.3, -0.25) is 13.9 Å². The monoisotopic (exact) mass is 577 g/mol. The number of amides is 2. The Morgan fingerprint density at radius 1 is 0.976 bits per heavy atom. The SMILES string of the molecule is COc1cccc(CN(C(=O)CN(c2cccc(C)c2C)S(=O)(=O)c2ccccc2)[C@H](C)C(=O)NC2CCCC2)c1. The fourth-order valence-corrected chi connectivity index (χ4v) is 6.67. The van der Waals surface area contributed by atoms with Crippen molar-refractivity contribution in [3.8, 4) is 5.75 Å². The number of sulfonamides is 1. The van der Waals surface area contributed by atoms with Gasteiger partial charge >= 0.3 is 0 Å². The molecule has 9 heteroatoms. The summed E-state index contributed by atoms with van der Waals surface area (Å²) in [4.78, 5) is 29.1. The third-order valence-corrected chi connectivity index (χ3v) is 9.58. The number of ether oxygens (including phenoxy) is 1. The summed E-state index contributed by atoms with van der Waals surface area (Å²) in [7, 11) is -2.54. The van der Waals surface area contributed by atoms with Crippen molar-refractivity contribution < 1.29 is 22.7 Å². The Hall–Kier alpha value is -3.85. The molecule has 0 saturated heterocycles. The number of carbonyl (C=O) groups is 2. The van der Waals surface area contributed by atoms with Crippen LogP contribution in [-0.2, 0) is 26.2 Å². The van der Waals surface area contributed by atoms with E-state index in [-0.39, 0.29) is 23.4 Å². The lowest BCUT2D eigenvalue weighted by atomic mass is 10.1. The molecule has 0 bridgehead atoms. The van der Waals surface area contributed by atoms with Crippen LogP contribution in [-0.4, -0.2) is 50.9 Å². The molecule has 8 nitrogen and oxygen atoms in total. The largest absolute Gasteiger partial charge is 0.497 e. The van der Waals surface area contributed by atoms with Gasteiger partial charge in [0.2, 0.25) is 11.8 Å². The number of rotatable bonds is 11. The molecule has 2 amide bonds. The molecule has 218 valence electrons. The summed E-state index contributed by atoms with van der Waals surface area (Å²) in [6.45, 7) is 5.08. The van der Waals surface area contributed by atoms with E-state index >= 15 is 0 Å². The highest BCUT2D eigenvalue weighted by Gasteiger charge is 2.34. The second-order valence-electron chi connectivity index (χ2n) is 10.6. The molecule has 1 aliphatic rings. The molecule has 1 atom stereocenters. The first-order valence-electron chi connectivity index (χ1n) is 14.0. The summed E-state index contributed by atoms with van der Waals surface area (Å²) in [5, 5.41) is 3.09. The second-order valence-corrected chi connectivity index (χ2v) is 12.4. The van der Waals surface area contributed by atoms with Crippen LogP contribution < -0.4 is 14.4 Å². The highest BCUT2D eigenvalue weighted by atomic mass is 32.2. The van der Waals surface area contributed by atoms with Gasteiger partial charge < -0.3 is 15.0 Å². The number of nitrogens with one attached hydrogen (secondary N) is 1. The van der Waals surface area contributed by atoms with Crippen LogP contribution in [0, 0.1) is 13.8 Å². The molecular formula is C32H39N3O5S. The van der Waals surface area contributed by atoms with Gasteiger partial charge in [0.25, 0.3) is 10.0 Å². The number of nitrogens with zero attached hydrogens (tertiary/aromatic N) is 2. The van der Waals surface area contributed by atoms with E-state index in [0.29, 0.717) is 11.4 Å². The molecular weight excluding hydrogens is 538 g/mol. The minimum absolute atomic E-state index is 0.0834. The Bertz CT molecular complexity index is 1470. The molecule has 4 rings (SSSR count). The minimum atomic E-state index is -4.10. The van der Waals surface area contributed by atoms with Crippen LogP contribution >= 0.6 is 0 Å². The minimum Gasteiger partial charge on any atom is -0.497 e. The third-order valence-electron chi connectivity index (χ3n) is 7.81. The van der Waals surface area contributed by atoms with E-state index in [1.165, 1.54) is 17.0 Å². The molecule has 1 aliphatic carbocycles. The normalized spacial score (nSPS) is 14.3. The zero-order valence-electron chi connectivity index (χ0n) is 24.2. The molecule has 0 aliphatic heterocycles. The number of methoxy groups -OCH3 is 1. The van der Waals surface area contributed by atoms with Crippen molar-refractivity contribution in [2.24, 2.45) is 0 Å². The number of benzene rings is 3. The highest BCUT2D eigenvalue weighted by molar-refractivity contribution is 7.92. The van der Waals surface area contributed by atoms with Gasteiger partial charge in [0.1, 0.15) is 18.3 Å². The van der Waals surface area contributed by atoms with Crippen LogP contribution in [0.3, 0.4) is 0 Å². The predicted octanol–water partition coefficient (Wildman–Crippen LogP) is 4.98. The number of aryl methyl sites for hydroxylation is 1. The van der Waals surface area contributed by atoms with Crippen LogP contribution in [0.2, 0.25) is 0 Å². The van der Waals surface area contributed by atoms with Crippen LogP contribution in [0.15, 0.2) is 77.7 Å². The molecule has 3 aromatic carbocycles. The van der Waals surface area contributed by atoms with Crippen LogP contribution in [0.25, 0.3) is 0 Å². The summed E-state index contributed by atoms with van der Waals surface area (Å²) < 4.78 is 34.5. The quantitative estimate of drug-likeness (QED) is 0.347. The average Bonchev–Trinajstić information content (AvgIpc) is 3.49. The molecule has 0 unspecified atom stereocenters. The average molecular weight is 578 g/mol. The maximum absolute atomic E-state index is 14.2.